The number of hydrogen-bond acceptors (Lipinski definition) is 2. The Bertz CT molecular complexity index is 407. The van der Waals surface area contributed by atoms with E-state index in [4.69, 9.17) is 5.11 Å². The fourth-order valence-corrected chi connectivity index (χ4v) is 2.84. The lowest BCUT2D eigenvalue weighted by atomic mass is 9.84. The second-order valence-electron chi connectivity index (χ2n) is 5.57. The van der Waals surface area contributed by atoms with E-state index in [9.17, 15) is 4.79 Å². The summed E-state index contributed by atoms with van der Waals surface area (Å²) in [6.07, 6.45) is 6.80. The number of rotatable bonds is 5. The van der Waals surface area contributed by atoms with Gasteiger partial charge in [-0.3, -0.25) is 0 Å². The maximum Gasteiger partial charge on any atom is 0.335 e. The molecule has 2 rings (SSSR count). The van der Waals surface area contributed by atoms with Crippen LogP contribution in [0.2, 0.25) is 0 Å². The molecule has 1 aliphatic rings. The third-order valence-electron chi connectivity index (χ3n) is 4.19. The number of hydrogen-bond donors (Lipinski definition) is 2. The second kappa shape index (κ2) is 6.71. The molecule has 0 aromatic heterocycles. The molecule has 0 unspecified atom stereocenters. The lowest BCUT2D eigenvalue weighted by Crippen LogP contribution is -2.34. The normalized spacial score (nSPS) is 18.2. The van der Waals surface area contributed by atoms with Gasteiger partial charge in [0.2, 0.25) is 0 Å². The molecule has 1 aromatic carbocycles. The van der Waals surface area contributed by atoms with Crippen LogP contribution in [0.3, 0.4) is 0 Å². The van der Waals surface area contributed by atoms with Crippen molar-refractivity contribution in [2.45, 2.75) is 51.6 Å². The largest absolute Gasteiger partial charge is 0.478 e. The first-order valence-electron chi connectivity index (χ1n) is 7.22. The van der Waals surface area contributed by atoms with Crippen LogP contribution in [-0.2, 0) is 6.54 Å². The molecule has 104 valence electrons. The quantitative estimate of drug-likeness (QED) is 0.853. The Balaban J connectivity index is 1.82. The number of carboxylic acids is 1. The highest BCUT2D eigenvalue weighted by Crippen LogP contribution is 2.26. The number of aromatic carboxylic acids is 1. The second-order valence-corrected chi connectivity index (χ2v) is 5.57. The zero-order valence-electron chi connectivity index (χ0n) is 11.6. The summed E-state index contributed by atoms with van der Waals surface area (Å²) in [5.41, 5.74) is 1.50. The smallest absolute Gasteiger partial charge is 0.335 e. The third-order valence-corrected chi connectivity index (χ3v) is 4.19. The monoisotopic (exact) mass is 261 g/mol. The molecule has 0 aliphatic heterocycles. The highest BCUT2D eigenvalue weighted by atomic mass is 16.4. The fraction of sp³-hybridized carbons (Fsp3) is 0.562. The minimum atomic E-state index is -0.866. The average molecular weight is 261 g/mol. The Morgan fingerprint density at radius 2 is 1.89 bits per heavy atom. The van der Waals surface area contributed by atoms with Gasteiger partial charge in [0, 0.05) is 12.6 Å². The highest BCUT2D eigenvalue weighted by molar-refractivity contribution is 5.87. The summed E-state index contributed by atoms with van der Waals surface area (Å²) < 4.78 is 0. The molecule has 0 heterocycles. The number of carbonyl (C=O) groups is 1. The van der Waals surface area contributed by atoms with E-state index in [1.165, 1.54) is 32.1 Å². The highest BCUT2D eigenvalue weighted by Gasteiger charge is 2.19. The van der Waals surface area contributed by atoms with E-state index in [2.05, 4.69) is 12.2 Å². The van der Waals surface area contributed by atoms with Gasteiger partial charge in [-0.25, -0.2) is 4.79 Å². The first-order chi connectivity index (χ1) is 9.16. The van der Waals surface area contributed by atoms with Crippen molar-refractivity contribution in [3.8, 4) is 0 Å². The van der Waals surface area contributed by atoms with Crippen LogP contribution in [0.5, 0.6) is 0 Å². The molecule has 19 heavy (non-hydrogen) atoms. The van der Waals surface area contributed by atoms with Crippen LogP contribution in [0.25, 0.3) is 0 Å². The lowest BCUT2D eigenvalue weighted by molar-refractivity contribution is 0.0697. The van der Waals surface area contributed by atoms with Crippen molar-refractivity contribution in [3.05, 3.63) is 35.4 Å². The van der Waals surface area contributed by atoms with Crippen molar-refractivity contribution >= 4 is 5.97 Å². The van der Waals surface area contributed by atoms with Crippen molar-refractivity contribution in [2.24, 2.45) is 5.92 Å². The predicted molar refractivity (Wildman–Crippen MR) is 76.3 cm³/mol. The van der Waals surface area contributed by atoms with E-state index in [0.717, 1.165) is 18.0 Å². The van der Waals surface area contributed by atoms with Crippen molar-refractivity contribution in [2.75, 3.05) is 0 Å². The summed E-state index contributed by atoms with van der Waals surface area (Å²) in [5, 5.41) is 12.4. The van der Waals surface area contributed by atoms with E-state index >= 15 is 0 Å². The summed E-state index contributed by atoms with van der Waals surface area (Å²) in [5.74, 6) is -0.0675. The lowest BCUT2D eigenvalue weighted by Gasteiger charge is -2.28. The van der Waals surface area contributed by atoms with Gasteiger partial charge in [-0.1, -0.05) is 31.4 Å². The molecule has 1 saturated carbocycles. The molecular formula is C16H23NO2. The van der Waals surface area contributed by atoms with Gasteiger partial charge >= 0.3 is 5.97 Å². The summed E-state index contributed by atoms with van der Waals surface area (Å²) >= 11 is 0. The van der Waals surface area contributed by atoms with Crippen LogP contribution in [0.15, 0.2) is 24.3 Å². The number of nitrogens with one attached hydrogen (secondary N) is 1. The Morgan fingerprint density at radius 1 is 1.26 bits per heavy atom. The molecular weight excluding hydrogens is 238 g/mol. The Labute approximate surface area is 115 Å². The molecule has 0 amide bonds. The number of carboxylic acid groups (broad SMARTS) is 1. The maximum atomic E-state index is 10.8. The summed E-state index contributed by atoms with van der Waals surface area (Å²) in [6.45, 7) is 3.08. The van der Waals surface area contributed by atoms with Crippen molar-refractivity contribution < 1.29 is 9.90 Å². The van der Waals surface area contributed by atoms with E-state index in [0.29, 0.717) is 11.6 Å². The van der Waals surface area contributed by atoms with E-state index in [1.807, 2.05) is 12.1 Å². The van der Waals surface area contributed by atoms with Gasteiger partial charge in [0.05, 0.1) is 5.56 Å². The van der Waals surface area contributed by atoms with Gasteiger partial charge in [-0.05, 0) is 43.4 Å². The van der Waals surface area contributed by atoms with Crippen LogP contribution in [0.1, 0.15) is 54.9 Å². The third kappa shape index (κ3) is 4.06. The SMILES string of the molecule is C[C@@H](NCc1ccc(C(=O)O)cc1)C1CCCCC1. The zero-order valence-corrected chi connectivity index (χ0v) is 11.6. The van der Waals surface area contributed by atoms with Crippen molar-refractivity contribution in [1.82, 2.24) is 5.32 Å². The molecule has 1 aliphatic carbocycles. The average Bonchev–Trinajstić information content (AvgIpc) is 2.46. The molecule has 3 nitrogen and oxygen atoms in total. The van der Waals surface area contributed by atoms with Gasteiger partial charge in [0.1, 0.15) is 0 Å². The standard InChI is InChI=1S/C16H23NO2/c1-12(14-5-3-2-4-6-14)17-11-13-7-9-15(10-8-13)16(18)19/h7-10,12,14,17H,2-6,11H2,1H3,(H,18,19)/t12-/m1/s1. The van der Waals surface area contributed by atoms with Gasteiger partial charge in [0.15, 0.2) is 0 Å². The van der Waals surface area contributed by atoms with Crippen LogP contribution >= 0.6 is 0 Å². The molecule has 3 heteroatoms. The van der Waals surface area contributed by atoms with Gasteiger partial charge < -0.3 is 10.4 Å². The van der Waals surface area contributed by atoms with Gasteiger partial charge in [-0.2, -0.15) is 0 Å². The van der Waals surface area contributed by atoms with Crippen LogP contribution < -0.4 is 5.32 Å². The Morgan fingerprint density at radius 3 is 2.47 bits per heavy atom. The van der Waals surface area contributed by atoms with Crippen LogP contribution in [-0.4, -0.2) is 17.1 Å². The Kier molecular flexibility index (Phi) is 4.97. The molecule has 0 saturated heterocycles. The van der Waals surface area contributed by atoms with Crippen molar-refractivity contribution in [1.29, 1.82) is 0 Å². The molecule has 1 atom stereocenters. The topological polar surface area (TPSA) is 49.3 Å². The van der Waals surface area contributed by atoms with Gasteiger partial charge in [0.25, 0.3) is 0 Å². The summed E-state index contributed by atoms with van der Waals surface area (Å²) in [6, 6.07) is 7.67. The van der Waals surface area contributed by atoms with Crippen molar-refractivity contribution in [3.63, 3.8) is 0 Å². The van der Waals surface area contributed by atoms with Crippen LogP contribution in [0.4, 0.5) is 0 Å². The Hall–Kier alpha value is -1.35. The first kappa shape index (κ1) is 14.1. The van der Waals surface area contributed by atoms with E-state index in [-0.39, 0.29) is 0 Å². The minimum absolute atomic E-state index is 0.351. The maximum absolute atomic E-state index is 10.8. The summed E-state index contributed by atoms with van der Waals surface area (Å²) in [4.78, 5) is 10.8. The van der Waals surface area contributed by atoms with E-state index < -0.39 is 5.97 Å². The van der Waals surface area contributed by atoms with Crippen LogP contribution in [0, 0.1) is 5.92 Å². The predicted octanol–water partition coefficient (Wildman–Crippen LogP) is 3.44. The number of benzene rings is 1. The van der Waals surface area contributed by atoms with Gasteiger partial charge in [-0.15, -0.1) is 0 Å². The molecule has 1 fully saturated rings. The molecule has 0 spiro atoms. The summed E-state index contributed by atoms with van der Waals surface area (Å²) in [7, 11) is 0. The van der Waals surface area contributed by atoms with E-state index in [1.54, 1.807) is 12.1 Å². The fourth-order valence-electron chi connectivity index (χ4n) is 2.84. The zero-order chi connectivity index (χ0) is 13.7. The molecule has 0 bridgehead atoms. The minimum Gasteiger partial charge on any atom is -0.478 e. The first-order valence-corrected chi connectivity index (χ1v) is 7.22. The molecule has 1 aromatic rings. The molecule has 0 radical (unpaired) electrons. The molecule has 2 N–H and O–H groups in total.